The number of para-hydroxylation sites is 1. The normalized spacial score (nSPS) is 14.1. The Morgan fingerprint density at radius 1 is 0.320 bits per heavy atom. The van der Waals surface area contributed by atoms with E-state index in [1.165, 1.54) is 76.9 Å². The second-order valence-corrected chi connectivity index (χ2v) is 44.3. The van der Waals surface area contributed by atoms with Gasteiger partial charge in [-0.2, -0.15) is 0 Å². The number of ether oxygens (including phenoxy) is 1. The number of rotatable bonds is 11. The topological polar surface area (TPSA) is 35.9 Å². The monoisotopic (exact) mass is 1610 g/mol. The summed E-state index contributed by atoms with van der Waals surface area (Å²) in [6, 6.07) is 91.3. The van der Waals surface area contributed by atoms with Crippen LogP contribution in [0.25, 0.3) is 122 Å². The highest BCUT2D eigenvalue weighted by Crippen LogP contribution is 2.60. The molecule has 0 amide bonds. The Kier molecular flexibility index (Phi) is 19.5. The van der Waals surface area contributed by atoms with Crippen LogP contribution >= 0.6 is 0 Å². The number of benzene rings is 12. The van der Waals surface area contributed by atoms with Crippen molar-refractivity contribution in [3.05, 3.63) is 305 Å². The Morgan fingerprint density at radius 2 is 0.713 bits per heavy atom. The molecule has 1 aliphatic rings. The third kappa shape index (κ3) is 15.7. The molecule has 6 nitrogen and oxygen atoms in total. The molecular weight excluding hydrogens is 1480 g/mol. The third-order valence-corrected chi connectivity index (χ3v) is 25.8. The highest BCUT2D eigenvalue weighted by molar-refractivity contribution is 6.10. The lowest BCUT2D eigenvalue weighted by Gasteiger charge is -2.32. The maximum atomic E-state index is 9.28. The van der Waals surface area contributed by atoms with E-state index < -0.39 is 6.98 Å². The Balaban J connectivity index is 0.967. The molecule has 1 aliphatic heterocycles. The van der Waals surface area contributed by atoms with Crippen molar-refractivity contribution < 1.29 is 13.4 Å². The first-order chi connectivity index (χ1) is 58.1. The molecule has 0 fully saturated rings. The minimum absolute atomic E-state index is 0.0947. The second-order valence-electron chi connectivity index (χ2n) is 44.3. The summed E-state index contributed by atoms with van der Waals surface area (Å²) >= 11 is 0. The first-order valence-corrected chi connectivity index (χ1v) is 44.0. The van der Waals surface area contributed by atoms with E-state index in [0.717, 1.165) is 100 Å². The third-order valence-electron chi connectivity index (χ3n) is 25.8. The minimum atomic E-state index is -2.61. The number of hydrogen-bond acceptors (Lipinski definition) is 2. The molecule has 0 bridgehead atoms. The van der Waals surface area contributed by atoms with Gasteiger partial charge in [-0.25, -0.2) is 9.47 Å². The number of pyridine rings is 1. The number of nitrogens with zero attached hydrogens (tertiary/aromatic N) is 5. The zero-order valence-corrected chi connectivity index (χ0v) is 77.8. The fourth-order valence-electron chi connectivity index (χ4n) is 17.9. The largest absolute Gasteiger partial charge is 0.458 e. The Morgan fingerprint density at radius 3 is 1.12 bits per heavy atom. The molecule has 622 valence electrons. The lowest BCUT2D eigenvalue weighted by Crippen LogP contribution is -2.32. The van der Waals surface area contributed by atoms with Crippen LogP contribution in [0.5, 0.6) is 11.5 Å². The summed E-state index contributed by atoms with van der Waals surface area (Å²) in [5.74, 6) is 2.04. The van der Waals surface area contributed by atoms with Crippen LogP contribution in [0.1, 0.15) is 241 Å². The molecule has 3 aromatic heterocycles. The van der Waals surface area contributed by atoms with Crippen molar-refractivity contribution in [1.29, 1.82) is 0 Å². The minimum Gasteiger partial charge on any atom is -0.458 e. The van der Waals surface area contributed by atoms with Crippen molar-refractivity contribution in [2.24, 2.45) is 6.98 Å². The fraction of sp³-hybridized carbons (Fsp3) is 0.328. The molecule has 0 unspecified atom stereocenters. The summed E-state index contributed by atoms with van der Waals surface area (Å²) in [5, 5.41) is 2.20. The Hall–Kier alpha value is -11.2. The number of fused-ring (bicyclic) bond motifs is 7. The summed E-state index contributed by atoms with van der Waals surface area (Å²) < 4.78 is 40.6. The maximum Gasteiger partial charge on any atom is 0.244 e. The summed E-state index contributed by atoms with van der Waals surface area (Å²) in [6.45, 7) is 60.1. The summed E-state index contributed by atoms with van der Waals surface area (Å²) in [6.07, 6.45) is 5.34. The molecule has 0 saturated heterocycles. The predicted octanol–water partition coefficient (Wildman–Crippen LogP) is 31.8. The SMILES string of the molecule is [2H]C([2H])([2H])[n+]1[c-]n(-c2cccc(Oc3ccc4c5ccccc5n(-c5cc(C(C)(C)C)ccn5)c4c3)c2)c2cc([N+]3(C)c4cc(-c5c(-c6cc(C(C)(C)C)cc(C(C)(C)C)c6)cccc5-c5cc(C(C)(C)C)cc(C(C)(C)C)c5)ccc4-c4ccc(-c5c(-c6cc(C(C)(C)C)cc(C(C)(C)C)c6)cccc5-c5cc(C(C)(C)C)cc(C(C)(C)C)c5)cc43)ccc21. The first-order valence-electron chi connectivity index (χ1n) is 45.5. The summed E-state index contributed by atoms with van der Waals surface area (Å²) in [4.78, 5) is 4.98. The van der Waals surface area contributed by atoms with E-state index in [9.17, 15) is 4.11 Å². The van der Waals surface area contributed by atoms with Crippen molar-refractivity contribution in [2.45, 2.75) is 236 Å². The smallest absolute Gasteiger partial charge is 0.244 e. The lowest BCUT2D eigenvalue weighted by molar-refractivity contribution is -0.649. The predicted molar refractivity (Wildman–Crippen MR) is 522 cm³/mol. The summed E-state index contributed by atoms with van der Waals surface area (Å²) in [5.41, 5.74) is 33.1. The van der Waals surface area contributed by atoms with Gasteiger partial charge in [0.15, 0.2) is 11.4 Å². The number of quaternary nitrogens is 1. The number of aromatic nitrogens is 4. The Labute approximate surface area is 733 Å². The molecular formula is C116H128N5O+. The molecule has 6 heteroatoms. The van der Waals surface area contributed by atoms with Crippen LogP contribution in [0, 0.1) is 6.33 Å². The average Bonchev–Trinajstić information content (AvgIpc) is 1.55. The zero-order chi connectivity index (χ0) is 90.1. The highest BCUT2D eigenvalue weighted by Gasteiger charge is 2.45. The fourth-order valence-corrected chi connectivity index (χ4v) is 17.9. The van der Waals surface area contributed by atoms with Crippen LogP contribution in [0.15, 0.2) is 249 Å². The van der Waals surface area contributed by atoms with Gasteiger partial charge in [0.2, 0.25) is 6.33 Å². The van der Waals surface area contributed by atoms with E-state index >= 15 is 0 Å². The quantitative estimate of drug-likeness (QED) is 0.0735. The van der Waals surface area contributed by atoms with E-state index in [2.05, 4.69) is 411 Å². The first kappa shape index (κ1) is 80.5. The van der Waals surface area contributed by atoms with Gasteiger partial charge in [0, 0.05) is 46.3 Å². The molecule has 0 spiro atoms. The van der Waals surface area contributed by atoms with Gasteiger partial charge in [-0.3, -0.25) is 4.57 Å². The van der Waals surface area contributed by atoms with Crippen LogP contribution < -0.4 is 13.8 Å². The van der Waals surface area contributed by atoms with Gasteiger partial charge in [0.1, 0.15) is 23.0 Å². The van der Waals surface area contributed by atoms with Crippen LogP contribution in [-0.4, -0.2) is 21.2 Å². The van der Waals surface area contributed by atoms with E-state index in [0.29, 0.717) is 28.2 Å². The van der Waals surface area contributed by atoms with Crippen molar-refractivity contribution in [1.82, 2.24) is 18.6 Å². The molecule has 0 saturated carbocycles. The van der Waals surface area contributed by atoms with Crippen LogP contribution in [0.3, 0.4) is 0 Å². The van der Waals surface area contributed by atoms with Crippen molar-refractivity contribution in [3.63, 3.8) is 0 Å². The van der Waals surface area contributed by atoms with Crippen LogP contribution in [0.4, 0.5) is 17.1 Å². The molecule has 0 N–H and O–H groups in total. The van der Waals surface area contributed by atoms with Crippen LogP contribution in [-0.2, 0) is 55.7 Å². The molecule has 0 atom stereocenters. The molecule has 15 aromatic rings. The van der Waals surface area contributed by atoms with E-state index in [1.54, 1.807) is 0 Å². The lowest BCUT2D eigenvalue weighted by atomic mass is 9.76. The number of imidazole rings is 1. The second kappa shape index (κ2) is 29.5. The molecule has 0 aliphatic carbocycles. The maximum absolute atomic E-state index is 9.28. The summed E-state index contributed by atoms with van der Waals surface area (Å²) in [7, 11) is 2.37. The van der Waals surface area contributed by atoms with Gasteiger partial charge in [0.05, 0.1) is 45.9 Å². The van der Waals surface area contributed by atoms with Crippen molar-refractivity contribution in [3.8, 4) is 101 Å². The average molecular weight is 1610 g/mol. The van der Waals surface area contributed by atoms with Gasteiger partial charge in [-0.05, 0) is 232 Å². The molecule has 4 heterocycles. The van der Waals surface area contributed by atoms with E-state index in [-0.39, 0.29) is 53.2 Å². The molecule has 0 radical (unpaired) electrons. The van der Waals surface area contributed by atoms with E-state index in [4.69, 9.17) is 9.72 Å². The Bertz CT molecular complexity index is 6240. The van der Waals surface area contributed by atoms with Crippen molar-refractivity contribution >= 4 is 49.9 Å². The highest BCUT2D eigenvalue weighted by atomic mass is 16.5. The zero-order valence-electron chi connectivity index (χ0n) is 80.8. The number of hydrogen-bond donors (Lipinski definition) is 0. The standard InChI is InChI=1S/C116H128N5O/c1-108(2,3)78-51-52-117-105(67-78)120-99-42-31-30-37-95(99)96-49-46-90(70-101(96)120)122-89-36-32-35-87(68-89)119-71-118(28)100-50-45-88(69-102(100)119)121(29)103-61-72(106-91(74-53-79(109(4,5)6)63-80(54-74)110(7,8)9)38-33-39-92(106)75-55-81(111(10,11)12)64-82(56-75)112(13,14)15)43-47-97(103)98-48-44-73(62-104(98)121)107-93(76-57-83(113(16,17)18)65-84(58-76)114(19,20)21)40-34-41-94(107)77-59-85(115(22,23)24)66-86(60-77)116(25,26)27/h30-70H,1-29H3/q+1/i28D3. The van der Waals surface area contributed by atoms with Gasteiger partial charge in [-0.15, -0.1) is 0 Å². The van der Waals surface area contributed by atoms with Crippen LogP contribution in [0.2, 0.25) is 0 Å². The van der Waals surface area contributed by atoms with Crippen molar-refractivity contribution in [2.75, 3.05) is 7.05 Å². The molecule has 16 rings (SSSR count). The van der Waals surface area contributed by atoms with E-state index in [1.807, 2.05) is 47.2 Å². The van der Waals surface area contributed by atoms with Gasteiger partial charge < -0.3 is 13.9 Å². The number of aryl methyl sites for hydroxylation is 1. The van der Waals surface area contributed by atoms with Gasteiger partial charge >= 0.3 is 0 Å². The van der Waals surface area contributed by atoms with Gasteiger partial charge in [0.25, 0.3) is 0 Å². The molecule has 12 aromatic carbocycles. The van der Waals surface area contributed by atoms with Gasteiger partial charge in [-0.1, -0.05) is 345 Å². The molecule has 122 heavy (non-hydrogen) atoms.